The average Bonchev–Trinajstić information content (AvgIpc) is 2.50. The van der Waals surface area contributed by atoms with Gasteiger partial charge in [0.05, 0.1) is 3.57 Å². The van der Waals surface area contributed by atoms with E-state index in [0.29, 0.717) is 17.5 Å². The zero-order valence-electron chi connectivity index (χ0n) is 11.0. The van der Waals surface area contributed by atoms with Crippen molar-refractivity contribution >= 4 is 28.4 Å². The Balaban J connectivity index is 1.97. The van der Waals surface area contributed by atoms with Crippen LogP contribution in [0.5, 0.6) is 11.6 Å². The minimum absolute atomic E-state index is 0.379. The van der Waals surface area contributed by atoms with Gasteiger partial charge in [-0.3, -0.25) is 0 Å². The van der Waals surface area contributed by atoms with Crippen molar-refractivity contribution in [2.24, 2.45) is 0 Å². The van der Waals surface area contributed by atoms with Crippen molar-refractivity contribution in [3.63, 3.8) is 0 Å². The summed E-state index contributed by atoms with van der Waals surface area (Å²) in [4.78, 5) is 8.68. The lowest BCUT2D eigenvalue weighted by Gasteiger charge is -2.09. The van der Waals surface area contributed by atoms with Crippen LogP contribution >= 0.6 is 22.6 Å². The van der Waals surface area contributed by atoms with Crippen LogP contribution in [0.4, 0.5) is 5.82 Å². The van der Waals surface area contributed by atoms with Crippen LogP contribution in [0.1, 0.15) is 0 Å². The molecule has 0 fully saturated rings. The molecule has 5 heteroatoms. The van der Waals surface area contributed by atoms with Gasteiger partial charge in [0.1, 0.15) is 11.6 Å². The van der Waals surface area contributed by atoms with Crippen molar-refractivity contribution in [3.05, 3.63) is 64.2 Å². The van der Waals surface area contributed by atoms with Gasteiger partial charge < -0.3 is 10.5 Å². The summed E-state index contributed by atoms with van der Waals surface area (Å²) in [5.74, 6) is 2.11. The molecule has 21 heavy (non-hydrogen) atoms. The molecule has 0 aliphatic heterocycles. The molecule has 1 aromatic heterocycles. The lowest BCUT2D eigenvalue weighted by Crippen LogP contribution is -1.99. The normalized spacial score (nSPS) is 10.3. The number of halogens is 1. The first-order chi connectivity index (χ1) is 10.2. The number of hydrogen-bond donors (Lipinski definition) is 1. The summed E-state index contributed by atoms with van der Waals surface area (Å²) in [6, 6.07) is 19.0. The largest absolute Gasteiger partial charge is 0.438 e. The molecule has 1 heterocycles. The molecule has 0 saturated heterocycles. The Kier molecular flexibility index (Phi) is 4.01. The number of aromatic nitrogens is 2. The molecule has 0 aliphatic rings. The number of anilines is 1. The van der Waals surface area contributed by atoms with Crippen LogP contribution in [-0.4, -0.2) is 9.97 Å². The monoisotopic (exact) mass is 389 g/mol. The Bertz CT molecular complexity index is 762. The SMILES string of the molecule is Nc1cc(Oc2ccccc2I)nc(-c2ccccc2)n1. The summed E-state index contributed by atoms with van der Waals surface area (Å²) in [7, 11) is 0. The van der Waals surface area contributed by atoms with Crippen LogP contribution in [-0.2, 0) is 0 Å². The fourth-order valence-corrected chi connectivity index (χ4v) is 2.35. The van der Waals surface area contributed by atoms with Gasteiger partial charge in [-0.25, -0.2) is 4.98 Å². The lowest BCUT2D eigenvalue weighted by molar-refractivity contribution is 0.459. The molecule has 0 bridgehead atoms. The highest BCUT2D eigenvalue weighted by Gasteiger charge is 2.08. The van der Waals surface area contributed by atoms with E-state index in [9.17, 15) is 0 Å². The summed E-state index contributed by atoms with van der Waals surface area (Å²) < 4.78 is 6.82. The lowest BCUT2D eigenvalue weighted by atomic mass is 10.2. The number of ether oxygens (including phenoxy) is 1. The fraction of sp³-hybridized carbons (Fsp3) is 0. The average molecular weight is 389 g/mol. The van der Waals surface area contributed by atoms with Crippen molar-refractivity contribution in [2.45, 2.75) is 0 Å². The fourth-order valence-electron chi connectivity index (χ4n) is 1.85. The zero-order chi connectivity index (χ0) is 14.7. The highest BCUT2D eigenvalue weighted by atomic mass is 127. The second-order valence-corrected chi connectivity index (χ2v) is 5.52. The first kappa shape index (κ1) is 13.8. The second kappa shape index (κ2) is 6.09. The van der Waals surface area contributed by atoms with Gasteiger partial charge in [0.15, 0.2) is 5.82 Å². The van der Waals surface area contributed by atoms with E-state index in [1.54, 1.807) is 6.07 Å². The zero-order valence-corrected chi connectivity index (χ0v) is 13.2. The van der Waals surface area contributed by atoms with E-state index in [-0.39, 0.29) is 0 Å². The van der Waals surface area contributed by atoms with Gasteiger partial charge in [0.2, 0.25) is 5.88 Å². The van der Waals surface area contributed by atoms with Gasteiger partial charge in [0, 0.05) is 11.6 Å². The highest BCUT2D eigenvalue weighted by Crippen LogP contribution is 2.27. The summed E-state index contributed by atoms with van der Waals surface area (Å²) >= 11 is 2.22. The van der Waals surface area contributed by atoms with Crippen LogP contribution in [0.3, 0.4) is 0 Å². The molecule has 4 nitrogen and oxygen atoms in total. The number of nitrogens with two attached hydrogens (primary N) is 1. The molecule has 2 aromatic carbocycles. The Morgan fingerprint density at radius 1 is 0.905 bits per heavy atom. The predicted octanol–water partition coefficient (Wildman–Crippen LogP) is 4.12. The van der Waals surface area contributed by atoms with Crippen LogP contribution in [0, 0.1) is 3.57 Å². The van der Waals surface area contributed by atoms with E-state index in [0.717, 1.165) is 14.9 Å². The van der Waals surface area contributed by atoms with E-state index in [1.807, 2.05) is 54.6 Å². The van der Waals surface area contributed by atoms with E-state index < -0.39 is 0 Å². The van der Waals surface area contributed by atoms with Crippen LogP contribution in [0.2, 0.25) is 0 Å². The van der Waals surface area contributed by atoms with Crippen LogP contribution < -0.4 is 10.5 Å². The Morgan fingerprint density at radius 2 is 1.62 bits per heavy atom. The third-order valence-corrected chi connectivity index (χ3v) is 3.70. The van der Waals surface area contributed by atoms with Gasteiger partial charge in [-0.05, 0) is 34.7 Å². The molecule has 3 aromatic rings. The van der Waals surface area contributed by atoms with E-state index in [2.05, 4.69) is 32.6 Å². The minimum Gasteiger partial charge on any atom is -0.438 e. The van der Waals surface area contributed by atoms with Gasteiger partial charge in [0.25, 0.3) is 0 Å². The molecule has 0 amide bonds. The van der Waals surface area contributed by atoms with Gasteiger partial charge in [-0.15, -0.1) is 0 Å². The number of rotatable bonds is 3. The molecular weight excluding hydrogens is 377 g/mol. The molecule has 0 spiro atoms. The van der Waals surface area contributed by atoms with Crippen molar-refractivity contribution in [1.82, 2.24) is 9.97 Å². The van der Waals surface area contributed by atoms with Gasteiger partial charge in [-0.1, -0.05) is 42.5 Å². The molecule has 0 saturated carbocycles. The number of benzene rings is 2. The summed E-state index contributed by atoms with van der Waals surface area (Å²) in [5.41, 5.74) is 6.76. The van der Waals surface area contributed by atoms with E-state index in [4.69, 9.17) is 10.5 Å². The molecule has 104 valence electrons. The number of nitrogen functional groups attached to an aromatic ring is 1. The number of hydrogen-bond acceptors (Lipinski definition) is 4. The third kappa shape index (κ3) is 3.30. The highest BCUT2D eigenvalue weighted by molar-refractivity contribution is 14.1. The molecule has 0 aliphatic carbocycles. The number of nitrogens with zero attached hydrogens (tertiary/aromatic N) is 2. The predicted molar refractivity (Wildman–Crippen MR) is 91.1 cm³/mol. The minimum atomic E-state index is 0.379. The molecular formula is C16H12IN3O. The van der Waals surface area contributed by atoms with Crippen molar-refractivity contribution in [3.8, 4) is 23.0 Å². The van der Waals surface area contributed by atoms with Crippen LogP contribution in [0.25, 0.3) is 11.4 Å². The molecule has 3 rings (SSSR count). The molecule has 0 radical (unpaired) electrons. The van der Waals surface area contributed by atoms with E-state index >= 15 is 0 Å². The quantitative estimate of drug-likeness (QED) is 0.685. The Labute approximate surface area is 136 Å². The topological polar surface area (TPSA) is 61.0 Å². The van der Waals surface area contributed by atoms with Gasteiger partial charge in [-0.2, -0.15) is 4.98 Å². The van der Waals surface area contributed by atoms with Gasteiger partial charge >= 0.3 is 0 Å². The Morgan fingerprint density at radius 3 is 2.38 bits per heavy atom. The van der Waals surface area contributed by atoms with Crippen LogP contribution in [0.15, 0.2) is 60.7 Å². The molecule has 2 N–H and O–H groups in total. The second-order valence-electron chi connectivity index (χ2n) is 4.35. The Hall–Kier alpha value is -2.15. The smallest absolute Gasteiger partial charge is 0.225 e. The van der Waals surface area contributed by atoms with Crippen molar-refractivity contribution in [2.75, 3.05) is 5.73 Å². The summed E-state index contributed by atoms with van der Waals surface area (Å²) in [6.07, 6.45) is 0. The van der Waals surface area contributed by atoms with E-state index in [1.165, 1.54) is 0 Å². The van der Waals surface area contributed by atoms with Crippen molar-refractivity contribution in [1.29, 1.82) is 0 Å². The number of para-hydroxylation sites is 1. The summed E-state index contributed by atoms with van der Waals surface area (Å²) in [6.45, 7) is 0. The third-order valence-electron chi connectivity index (χ3n) is 2.81. The molecule has 0 unspecified atom stereocenters. The summed E-state index contributed by atoms with van der Waals surface area (Å²) in [5, 5.41) is 0. The maximum absolute atomic E-state index is 5.86. The standard InChI is InChI=1S/C16H12IN3O/c17-12-8-4-5-9-13(12)21-15-10-14(18)19-16(20-15)11-6-2-1-3-7-11/h1-10H,(H2,18,19,20). The maximum atomic E-state index is 5.86. The first-order valence-corrected chi connectivity index (χ1v) is 7.42. The van der Waals surface area contributed by atoms with Crippen molar-refractivity contribution < 1.29 is 4.74 Å². The first-order valence-electron chi connectivity index (χ1n) is 6.35. The molecule has 0 atom stereocenters. The maximum Gasteiger partial charge on any atom is 0.225 e.